The van der Waals surface area contributed by atoms with Crippen molar-refractivity contribution in [3.05, 3.63) is 18.2 Å². The molecule has 0 aliphatic carbocycles. The van der Waals surface area contributed by atoms with Crippen LogP contribution in [-0.4, -0.2) is 52.5 Å². The van der Waals surface area contributed by atoms with Crippen molar-refractivity contribution in [2.45, 2.75) is 19.4 Å². The first-order valence-electron chi connectivity index (χ1n) is 6.59. The molecule has 1 aliphatic rings. The number of ether oxygens (including phenoxy) is 1. The molecule has 2 aromatic heterocycles. The van der Waals surface area contributed by atoms with Gasteiger partial charge in [0.05, 0.1) is 13.7 Å². The second kappa shape index (κ2) is 5.54. The molecular formula is C11H16N6O3S. The first-order chi connectivity index (χ1) is 10.1. The van der Waals surface area contributed by atoms with Gasteiger partial charge in [-0.05, 0) is 12.8 Å². The van der Waals surface area contributed by atoms with E-state index in [9.17, 15) is 8.42 Å². The smallest absolute Gasteiger partial charge is 0.279 e. The van der Waals surface area contributed by atoms with E-state index in [0.717, 1.165) is 12.8 Å². The zero-order valence-electron chi connectivity index (χ0n) is 11.6. The molecule has 10 heteroatoms. The van der Waals surface area contributed by atoms with Crippen molar-refractivity contribution >= 4 is 15.9 Å². The highest BCUT2D eigenvalue weighted by Gasteiger charge is 2.25. The second-order valence-corrected chi connectivity index (χ2v) is 6.43. The maximum atomic E-state index is 12.1. The third-order valence-corrected chi connectivity index (χ3v) is 4.93. The van der Waals surface area contributed by atoms with E-state index in [1.807, 2.05) is 0 Å². The van der Waals surface area contributed by atoms with Crippen LogP contribution in [0.4, 0.5) is 0 Å². The maximum Gasteiger partial charge on any atom is 0.279 e. The Bertz CT molecular complexity index is 737. The van der Waals surface area contributed by atoms with Crippen LogP contribution < -0.4 is 9.46 Å². The summed E-state index contributed by atoms with van der Waals surface area (Å²) < 4.78 is 34.9. The SMILES string of the molecule is COc1nccn2c(CNS(=O)(=O)N3CCCC3)nnc12. The van der Waals surface area contributed by atoms with Gasteiger partial charge in [0.25, 0.3) is 16.1 Å². The Labute approximate surface area is 122 Å². The highest BCUT2D eigenvalue weighted by molar-refractivity contribution is 7.87. The summed E-state index contributed by atoms with van der Waals surface area (Å²) in [7, 11) is -1.97. The lowest BCUT2D eigenvalue weighted by Gasteiger charge is -2.15. The van der Waals surface area contributed by atoms with E-state index < -0.39 is 10.2 Å². The fraction of sp³-hybridized carbons (Fsp3) is 0.545. The normalized spacial score (nSPS) is 16.6. The van der Waals surface area contributed by atoms with Crippen LogP contribution in [0.2, 0.25) is 0 Å². The number of nitrogens with one attached hydrogen (secondary N) is 1. The molecule has 114 valence electrons. The van der Waals surface area contributed by atoms with E-state index in [0.29, 0.717) is 30.4 Å². The number of hydrogen-bond donors (Lipinski definition) is 1. The Kier molecular flexibility index (Phi) is 3.74. The van der Waals surface area contributed by atoms with Gasteiger partial charge in [0.1, 0.15) is 0 Å². The van der Waals surface area contributed by atoms with Gasteiger partial charge in [0.15, 0.2) is 5.82 Å². The molecule has 9 nitrogen and oxygen atoms in total. The summed E-state index contributed by atoms with van der Waals surface area (Å²) in [6.45, 7) is 1.19. The van der Waals surface area contributed by atoms with Gasteiger partial charge in [0, 0.05) is 25.5 Å². The average molecular weight is 312 g/mol. The number of fused-ring (bicyclic) bond motifs is 1. The van der Waals surface area contributed by atoms with E-state index in [1.54, 1.807) is 16.8 Å². The first kappa shape index (κ1) is 14.2. The predicted molar refractivity (Wildman–Crippen MR) is 73.9 cm³/mol. The lowest BCUT2D eigenvalue weighted by molar-refractivity contribution is 0.400. The molecule has 0 saturated carbocycles. The van der Waals surface area contributed by atoms with Crippen LogP contribution in [0.5, 0.6) is 5.88 Å². The average Bonchev–Trinajstić information content (AvgIpc) is 3.14. The van der Waals surface area contributed by atoms with E-state index in [-0.39, 0.29) is 6.54 Å². The molecule has 0 amide bonds. The summed E-state index contributed by atoms with van der Waals surface area (Å²) in [6.07, 6.45) is 5.01. The molecule has 1 fully saturated rings. The van der Waals surface area contributed by atoms with E-state index in [4.69, 9.17) is 4.74 Å². The van der Waals surface area contributed by atoms with Crippen molar-refractivity contribution < 1.29 is 13.2 Å². The summed E-state index contributed by atoms with van der Waals surface area (Å²) in [6, 6.07) is 0. The Morgan fingerprint density at radius 1 is 1.33 bits per heavy atom. The molecule has 0 bridgehead atoms. The quantitative estimate of drug-likeness (QED) is 0.803. The molecule has 0 radical (unpaired) electrons. The Morgan fingerprint density at radius 3 is 2.81 bits per heavy atom. The third kappa shape index (κ3) is 2.69. The fourth-order valence-corrected chi connectivity index (χ4v) is 3.52. The molecular weight excluding hydrogens is 296 g/mol. The molecule has 0 spiro atoms. The molecule has 3 heterocycles. The molecule has 2 aromatic rings. The van der Waals surface area contributed by atoms with Crippen LogP contribution in [0.15, 0.2) is 12.4 Å². The van der Waals surface area contributed by atoms with Gasteiger partial charge < -0.3 is 4.74 Å². The zero-order valence-corrected chi connectivity index (χ0v) is 12.4. The van der Waals surface area contributed by atoms with Crippen LogP contribution in [0.1, 0.15) is 18.7 Å². The first-order valence-corrected chi connectivity index (χ1v) is 8.03. The summed E-state index contributed by atoms with van der Waals surface area (Å²) >= 11 is 0. The van der Waals surface area contributed by atoms with Crippen molar-refractivity contribution in [1.29, 1.82) is 0 Å². The van der Waals surface area contributed by atoms with Crippen molar-refractivity contribution in [2.75, 3.05) is 20.2 Å². The van der Waals surface area contributed by atoms with Crippen molar-refractivity contribution in [1.82, 2.24) is 28.6 Å². The van der Waals surface area contributed by atoms with Gasteiger partial charge in [-0.1, -0.05) is 0 Å². The molecule has 1 aliphatic heterocycles. The van der Waals surface area contributed by atoms with Crippen molar-refractivity contribution in [3.8, 4) is 5.88 Å². The Hall–Kier alpha value is -1.78. The number of nitrogens with zero attached hydrogens (tertiary/aromatic N) is 5. The minimum Gasteiger partial charge on any atom is -0.478 e. The largest absolute Gasteiger partial charge is 0.478 e. The maximum absolute atomic E-state index is 12.1. The predicted octanol–water partition coefficient (Wildman–Crippen LogP) is -0.437. The van der Waals surface area contributed by atoms with Gasteiger partial charge in [-0.25, -0.2) is 4.98 Å². The number of rotatable bonds is 5. The van der Waals surface area contributed by atoms with E-state index in [2.05, 4.69) is 19.9 Å². The number of hydrogen-bond acceptors (Lipinski definition) is 6. The zero-order chi connectivity index (χ0) is 14.9. The lowest BCUT2D eigenvalue weighted by atomic mass is 10.4. The van der Waals surface area contributed by atoms with Gasteiger partial charge in [-0.3, -0.25) is 4.40 Å². The van der Waals surface area contributed by atoms with Crippen LogP contribution >= 0.6 is 0 Å². The van der Waals surface area contributed by atoms with Crippen LogP contribution in [0.25, 0.3) is 5.65 Å². The molecule has 0 atom stereocenters. The molecule has 1 saturated heterocycles. The number of aromatic nitrogens is 4. The summed E-state index contributed by atoms with van der Waals surface area (Å²) in [5.41, 5.74) is 0.454. The molecule has 21 heavy (non-hydrogen) atoms. The molecule has 1 N–H and O–H groups in total. The molecule has 0 unspecified atom stereocenters. The fourth-order valence-electron chi connectivity index (χ4n) is 2.29. The van der Waals surface area contributed by atoms with Crippen molar-refractivity contribution in [2.24, 2.45) is 0 Å². The van der Waals surface area contributed by atoms with Gasteiger partial charge in [-0.15, -0.1) is 10.2 Å². The highest BCUT2D eigenvalue weighted by Crippen LogP contribution is 2.15. The standard InChI is InChI=1S/C11H16N6O3S/c1-20-11-10-15-14-9(17(10)7-4-12-11)8-13-21(18,19)16-5-2-3-6-16/h4,7,13H,2-3,5-6,8H2,1H3. The van der Waals surface area contributed by atoms with Gasteiger partial charge in [0.2, 0.25) is 5.65 Å². The molecule has 3 rings (SSSR count). The van der Waals surface area contributed by atoms with Crippen LogP contribution in [0, 0.1) is 0 Å². The Morgan fingerprint density at radius 2 is 2.10 bits per heavy atom. The van der Waals surface area contributed by atoms with Crippen LogP contribution in [0.3, 0.4) is 0 Å². The van der Waals surface area contributed by atoms with Gasteiger partial charge >= 0.3 is 0 Å². The van der Waals surface area contributed by atoms with E-state index in [1.165, 1.54) is 11.4 Å². The lowest BCUT2D eigenvalue weighted by Crippen LogP contribution is -2.38. The monoisotopic (exact) mass is 312 g/mol. The number of methoxy groups -OCH3 is 1. The second-order valence-electron chi connectivity index (χ2n) is 4.68. The summed E-state index contributed by atoms with van der Waals surface area (Å²) in [5, 5.41) is 7.95. The summed E-state index contributed by atoms with van der Waals surface area (Å²) in [4.78, 5) is 4.02. The van der Waals surface area contributed by atoms with Crippen LogP contribution in [-0.2, 0) is 16.8 Å². The highest BCUT2D eigenvalue weighted by atomic mass is 32.2. The third-order valence-electron chi connectivity index (χ3n) is 3.38. The van der Waals surface area contributed by atoms with Crippen molar-refractivity contribution in [3.63, 3.8) is 0 Å². The summed E-state index contributed by atoms with van der Waals surface area (Å²) in [5.74, 6) is 0.826. The Balaban J connectivity index is 1.79. The molecule has 0 aromatic carbocycles. The van der Waals surface area contributed by atoms with Gasteiger partial charge in [-0.2, -0.15) is 17.4 Å². The minimum absolute atomic E-state index is 0.0627. The minimum atomic E-state index is -3.47. The topological polar surface area (TPSA) is 102 Å². The van der Waals surface area contributed by atoms with E-state index >= 15 is 0 Å².